The topological polar surface area (TPSA) is 161 Å². The van der Waals surface area contributed by atoms with E-state index in [1.165, 1.54) is 17.7 Å². The van der Waals surface area contributed by atoms with E-state index in [1.807, 2.05) is 36.4 Å². The van der Waals surface area contributed by atoms with Crippen molar-refractivity contribution >= 4 is 49.8 Å². The summed E-state index contributed by atoms with van der Waals surface area (Å²) in [5.41, 5.74) is 2.05. The summed E-state index contributed by atoms with van der Waals surface area (Å²) in [6, 6.07) is 39.3. The Labute approximate surface area is 369 Å². The van der Waals surface area contributed by atoms with Crippen LogP contribution in [0.5, 0.6) is 11.5 Å². The summed E-state index contributed by atoms with van der Waals surface area (Å²) in [4.78, 5) is 43.3. The van der Waals surface area contributed by atoms with Crippen LogP contribution < -0.4 is 15.6 Å². The highest BCUT2D eigenvalue weighted by Crippen LogP contribution is 2.35. The van der Waals surface area contributed by atoms with Gasteiger partial charge in [-0.25, -0.2) is 4.79 Å². The van der Waals surface area contributed by atoms with Gasteiger partial charge < -0.3 is 35.1 Å². The van der Waals surface area contributed by atoms with E-state index in [2.05, 4.69) is 27.3 Å². The van der Waals surface area contributed by atoms with Gasteiger partial charge >= 0.3 is 5.97 Å². The van der Waals surface area contributed by atoms with Crippen LogP contribution >= 0.6 is 27.0 Å². The third-order valence-corrected chi connectivity index (χ3v) is 10.8. The molecular weight excluding hydrogens is 811 g/mol. The molecule has 5 N–H and O–H groups in total. The number of aliphatic hydroxyl groups is 2. The molecule has 0 saturated carbocycles. The van der Waals surface area contributed by atoms with Gasteiger partial charge in [-0.1, -0.05) is 91.0 Å². The Kier molecular flexibility index (Phi) is 16.6. The maximum atomic E-state index is 13.9. The number of nitrogens with one attached hydrogen (secondary N) is 2. The lowest BCUT2D eigenvalue weighted by Gasteiger charge is -2.29. The first kappa shape index (κ1) is 46.5. The molecular formula is C48H53N3O8S2. The second-order valence-electron chi connectivity index (χ2n) is 15.0. The number of phenols is 1. The van der Waals surface area contributed by atoms with E-state index in [1.54, 1.807) is 72.8 Å². The number of hydrogen-bond donors (Lipinski definition) is 5. The average molecular weight is 864 g/mol. The van der Waals surface area contributed by atoms with Gasteiger partial charge in [-0.3, -0.25) is 14.5 Å². The summed E-state index contributed by atoms with van der Waals surface area (Å²) in [5, 5.41) is 36.7. The third-order valence-electron chi connectivity index (χ3n) is 10.8. The molecule has 0 aliphatic carbocycles. The van der Waals surface area contributed by atoms with E-state index in [4.69, 9.17) is 9.47 Å². The predicted octanol–water partition coefficient (Wildman–Crippen LogP) is 6.77. The van der Waals surface area contributed by atoms with Gasteiger partial charge in [-0.05, 0) is 90.8 Å². The van der Waals surface area contributed by atoms with Crippen LogP contribution in [0.25, 0.3) is 10.9 Å². The average Bonchev–Trinajstić information content (AvgIpc) is 3.70. The quantitative estimate of drug-likeness (QED) is 0.0493. The number of amides is 1. The minimum absolute atomic E-state index is 0. The van der Waals surface area contributed by atoms with Crippen molar-refractivity contribution in [2.75, 3.05) is 26.2 Å². The Morgan fingerprint density at radius 2 is 1.56 bits per heavy atom. The number of carbonyl (C=O) groups is 2. The molecule has 0 bridgehead atoms. The van der Waals surface area contributed by atoms with Crippen LogP contribution in [0.1, 0.15) is 70.0 Å². The Morgan fingerprint density at radius 1 is 0.836 bits per heavy atom. The van der Waals surface area contributed by atoms with E-state index >= 15 is 0 Å². The molecule has 61 heavy (non-hydrogen) atoms. The zero-order chi connectivity index (χ0) is 41.2. The summed E-state index contributed by atoms with van der Waals surface area (Å²) in [7, 11) is 0. The zero-order valence-corrected chi connectivity index (χ0v) is 35.8. The molecule has 3 atom stereocenters. The number of aliphatic hydroxyl groups excluding tert-OH is 1. The number of likely N-dealkylation sites (tertiary alicyclic amines) is 1. The molecule has 13 heteroatoms. The zero-order valence-electron chi connectivity index (χ0n) is 33.8. The van der Waals surface area contributed by atoms with Gasteiger partial charge in [-0.2, -0.15) is 27.0 Å². The number of carbonyl (C=O) groups excluding carboxylic acids is 2. The van der Waals surface area contributed by atoms with Crippen molar-refractivity contribution in [3.05, 3.63) is 177 Å². The highest BCUT2D eigenvalue weighted by molar-refractivity contribution is 7.59. The van der Waals surface area contributed by atoms with E-state index in [0.29, 0.717) is 90.7 Å². The number of rotatable bonds is 17. The van der Waals surface area contributed by atoms with Gasteiger partial charge in [0.25, 0.3) is 5.91 Å². The molecule has 0 unspecified atom stereocenters. The number of benzene rings is 5. The van der Waals surface area contributed by atoms with E-state index in [0.717, 1.165) is 18.7 Å². The molecule has 5 aromatic carbocycles. The number of ether oxygens (including phenoxy) is 2. The number of aromatic hydroxyl groups is 1. The summed E-state index contributed by atoms with van der Waals surface area (Å²) in [5.74, 6) is -0.513. The van der Waals surface area contributed by atoms with Crippen LogP contribution in [0.2, 0.25) is 0 Å². The second-order valence-corrected chi connectivity index (χ2v) is 15.0. The van der Waals surface area contributed by atoms with Crippen LogP contribution in [-0.2, 0) is 28.1 Å². The molecule has 11 nitrogen and oxygen atoms in total. The first-order valence-corrected chi connectivity index (χ1v) is 20.1. The Bertz CT molecular complexity index is 2420. The number of pyridine rings is 1. The summed E-state index contributed by atoms with van der Waals surface area (Å²) < 4.78 is 12.0. The van der Waals surface area contributed by atoms with Crippen LogP contribution in [-0.4, -0.2) is 69.4 Å². The number of aryl methyl sites for hydroxylation is 1. The molecule has 320 valence electrons. The van der Waals surface area contributed by atoms with Crippen LogP contribution in [0.3, 0.4) is 0 Å². The molecule has 1 aliphatic heterocycles. The number of H-pyrrole nitrogens is 1. The number of hydrogen-bond acceptors (Lipinski definition) is 9. The van der Waals surface area contributed by atoms with Crippen LogP contribution in [0, 0.1) is 0 Å². The molecule has 0 radical (unpaired) electrons. The maximum absolute atomic E-state index is 13.9. The number of fused-ring (bicyclic) bond motifs is 1. The molecule has 6 aromatic rings. The fourth-order valence-electron chi connectivity index (χ4n) is 7.60. The highest BCUT2D eigenvalue weighted by atomic mass is 32.1. The van der Waals surface area contributed by atoms with Crippen molar-refractivity contribution in [2.24, 2.45) is 0 Å². The van der Waals surface area contributed by atoms with Crippen molar-refractivity contribution < 1.29 is 34.4 Å². The molecule has 1 saturated heterocycles. The van der Waals surface area contributed by atoms with Crippen molar-refractivity contribution in [3.8, 4) is 11.5 Å². The van der Waals surface area contributed by atoms with Crippen molar-refractivity contribution in [1.82, 2.24) is 15.2 Å². The number of esters is 1. The fraction of sp³-hybridized carbons (Fsp3) is 0.271. The van der Waals surface area contributed by atoms with Gasteiger partial charge in [0.1, 0.15) is 17.6 Å². The summed E-state index contributed by atoms with van der Waals surface area (Å²) in [6.45, 7) is 2.80. The molecule has 1 aromatic heterocycles. The van der Waals surface area contributed by atoms with Gasteiger partial charge in [0.2, 0.25) is 11.2 Å². The monoisotopic (exact) mass is 863 g/mol. The third kappa shape index (κ3) is 11.6. The van der Waals surface area contributed by atoms with Crippen LogP contribution in [0.4, 0.5) is 0 Å². The first-order valence-electron chi connectivity index (χ1n) is 20.1. The number of nitrogens with zero attached hydrogens (tertiary/aromatic N) is 1. The largest absolute Gasteiger partial charge is 0.506 e. The van der Waals surface area contributed by atoms with E-state index < -0.39 is 17.7 Å². The lowest BCUT2D eigenvalue weighted by molar-refractivity contribution is -0.167. The summed E-state index contributed by atoms with van der Waals surface area (Å²) in [6.07, 6.45) is 1.93. The smallest absolute Gasteiger partial charge is 0.348 e. The molecule has 1 amide bonds. The molecule has 7 rings (SSSR count). The van der Waals surface area contributed by atoms with Gasteiger partial charge in [0.15, 0.2) is 0 Å². The lowest BCUT2D eigenvalue weighted by atomic mass is 9.86. The second kappa shape index (κ2) is 21.8. The van der Waals surface area contributed by atoms with Crippen molar-refractivity contribution in [1.29, 1.82) is 0 Å². The molecule has 1 fully saturated rings. The normalized spacial score (nSPS) is 15.1. The minimum atomic E-state index is -2.05. The maximum Gasteiger partial charge on any atom is 0.348 e. The SMILES string of the molecule is O=C(NCCCOc1cccc([C@](O)(C(=O)O[C@H]2CCN(Cc3ccccc3)C2)c2ccccc2)c1)c1ccc(CCC[C@H](O)c2ccc(O)c3[nH]c(=O)ccc23)cc1.S.S. The molecule has 2 heterocycles. The Hall–Kier alpha value is -5.57. The number of aromatic amines is 1. The predicted molar refractivity (Wildman–Crippen MR) is 246 cm³/mol. The first-order chi connectivity index (χ1) is 28.7. The fourth-order valence-corrected chi connectivity index (χ4v) is 7.60. The molecule has 0 spiro atoms. The number of phenolic OH excluding ortho intramolecular Hbond substituents is 1. The van der Waals surface area contributed by atoms with Gasteiger partial charge in [0, 0.05) is 48.8 Å². The Balaban J connectivity index is 0.00000352. The number of aromatic nitrogens is 1. The molecule has 1 aliphatic rings. The standard InChI is InChI=1S/C48H49N3O8.2H2S/c52-42(40-22-24-43(53)45-41(40)23-25-44(54)50-45)17-7-12-33-18-20-35(21-19-33)46(55)49-27-9-29-58-38-16-8-15-37(30-38)48(57,36-13-5-2-6-14-36)47(56)59-39-26-28-51(32-39)31-34-10-3-1-4-11-34;;/h1-6,8,10-11,13-16,18-25,30,39,42,52-53,57H,7,9,12,17,26-29,31-32H2,(H,49,55)(H,50,54);2*1H2/t39-,42-,48-;;/m0../s1. The van der Waals surface area contributed by atoms with E-state index in [-0.39, 0.29) is 50.3 Å². The van der Waals surface area contributed by atoms with Crippen LogP contribution in [0.15, 0.2) is 138 Å². The summed E-state index contributed by atoms with van der Waals surface area (Å²) >= 11 is 0. The van der Waals surface area contributed by atoms with Gasteiger partial charge in [-0.15, -0.1) is 0 Å². The van der Waals surface area contributed by atoms with Crippen molar-refractivity contribution in [3.63, 3.8) is 0 Å². The minimum Gasteiger partial charge on any atom is -0.506 e. The lowest BCUT2D eigenvalue weighted by Crippen LogP contribution is -2.41. The van der Waals surface area contributed by atoms with Crippen molar-refractivity contribution in [2.45, 2.75) is 56.5 Å². The van der Waals surface area contributed by atoms with Gasteiger partial charge in [0.05, 0.1) is 18.2 Å². The highest BCUT2D eigenvalue weighted by Gasteiger charge is 2.43. The van der Waals surface area contributed by atoms with E-state index in [9.17, 15) is 29.7 Å². The Morgan fingerprint density at radius 3 is 2.31 bits per heavy atom.